The van der Waals surface area contributed by atoms with Crippen molar-refractivity contribution in [1.29, 1.82) is 0 Å². The highest BCUT2D eigenvalue weighted by Crippen LogP contribution is 2.19. The van der Waals surface area contributed by atoms with Crippen LogP contribution >= 0.6 is 11.8 Å². The molecule has 108 valence electrons. The summed E-state index contributed by atoms with van der Waals surface area (Å²) in [5.41, 5.74) is 7.08. The highest BCUT2D eigenvalue weighted by molar-refractivity contribution is 8.01. The van der Waals surface area contributed by atoms with Crippen LogP contribution in [0.4, 0.5) is 11.5 Å². The molecule has 0 bridgehead atoms. The van der Waals surface area contributed by atoms with Gasteiger partial charge in [-0.15, -0.1) is 11.8 Å². The van der Waals surface area contributed by atoms with Gasteiger partial charge in [-0.2, -0.15) is 5.10 Å². The third-order valence-corrected chi connectivity index (χ3v) is 5.00. The summed E-state index contributed by atoms with van der Waals surface area (Å²) in [4.78, 5) is 0.991. The van der Waals surface area contributed by atoms with Gasteiger partial charge in [-0.3, -0.25) is 9.82 Å². The molecule has 0 spiro atoms. The molecule has 2 rings (SSSR count). The van der Waals surface area contributed by atoms with E-state index in [1.54, 1.807) is 18.2 Å². The minimum atomic E-state index is -3.38. The molecule has 0 atom stereocenters. The summed E-state index contributed by atoms with van der Waals surface area (Å²) in [6.45, 7) is 1.81. The van der Waals surface area contributed by atoms with E-state index in [1.807, 2.05) is 19.1 Å². The summed E-state index contributed by atoms with van der Waals surface area (Å²) in [6, 6.07) is 8.97. The fraction of sp³-hybridized carbons (Fsp3) is 0.250. The van der Waals surface area contributed by atoms with E-state index >= 15 is 0 Å². The Morgan fingerprint density at radius 2 is 2.05 bits per heavy atom. The molecule has 0 aliphatic carbocycles. The van der Waals surface area contributed by atoms with Gasteiger partial charge in [0.05, 0.1) is 5.75 Å². The topological polar surface area (TPSA) is 101 Å². The van der Waals surface area contributed by atoms with Gasteiger partial charge in [0.2, 0.25) is 10.0 Å². The fourth-order valence-electron chi connectivity index (χ4n) is 1.51. The predicted molar refractivity (Wildman–Crippen MR) is 82.3 cm³/mol. The van der Waals surface area contributed by atoms with Crippen LogP contribution in [0.3, 0.4) is 0 Å². The van der Waals surface area contributed by atoms with Crippen LogP contribution in [0.5, 0.6) is 0 Å². The maximum absolute atomic E-state index is 11.9. The second-order valence-electron chi connectivity index (χ2n) is 4.27. The molecular formula is C12H16N4O2S2. The van der Waals surface area contributed by atoms with Crippen LogP contribution < -0.4 is 10.5 Å². The van der Waals surface area contributed by atoms with Crippen molar-refractivity contribution in [2.24, 2.45) is 0 Å². The number of thioether (sulfide) groups is 1. The van der Waals surface area contributed by atoms with Gasteiger partial charge >= 0.3 is 0 Å². The molecule has 4 N–H and O–H groups in total. The first-order chi connectivity index (χ1) is 9.44. The van der Waals surface area contributed by atoms with E-state index in [0.717, 1.165) is 10.6 Å². The lowest BCUT2D eigenvalue weighted by molar-refractivity contribution is 0.602. The van der Waals surface area contributed by atoms with Gasteiger partial charge in [0.15, 0.2) is 5.82 Å². The number of aromatic amines is 1. The van der Waals surface area contributed by atoms with Crippen LogP contribution in [0.25, 0.3) is 0 Å². The molecule has 20 heavy (non-hydrogen) atoms. The van der Waals surface area contributed by atoms with Gasteiger partial charge in [0, 0.05) is 28.1 Å². The molecule has 2 aromatic rings. The number of benzene rings is 1. The van der Waals surface area contributed by atoms with Crippen molar-refractivity contribution in [3.05, 3.63) is 36.0 Å². The second-order valence-corrected chi connectivity index (χ2v) is 7.28. The summed E-state index contributed by atoms with van der Waals surface area (Å²) >= 11 is 1.47. The molecule has 0 saturated heterocycles. The van der Waals surface area contributed by atoms with E-state index in [1.165, 1.54) is 11.8 Å². The van der Waals surface area contributed by atoms with Gasteiger partial charge < -0.3 is 5.73 Å². The molecule has 0 saturated carbocycles. The molecule has 0 aliphatic heterocycles. The number of H-pyrrole nitrogens is 1. The van der Waals surface area contributed by atoms with Crippen LogP contribution in [-0.2, 0) is 10.0 Å². The van der Waals surface area contributed by atoms with Gasteiger partial charge in [0.1, 0.15) is 0 Å². The highest BCUT2D eigenvalue weighted by Gasteiger charge is 2.12. The first-order valence-electron chi connectivity index (χ1n) is 5.95. The molecule has 8 heteroatoms. The summed E-state index contributed by atoms with van der Waals surface area (Å²) in [5, 5.41) is 6.53. The Balaban J connectivity index is 1.84. The number of hydrogen-bond donors (Lipinski definition) is 3. The van der Waals surface area contributed by atoms with Crippen LogP contribution in [0.15, 0.2) is 35.2 Å². The van der Waals surface area contributed by atoms with Crippen LogP contribution in [-0.4, -0.2) is 30.1 Å². The van der Waals surface area contributed by atoms with E-state index in [9.17, 15) is 8.42 Å². The molecule has 0 aliphatic rings. The number of anilines is 2. The molecule has 1 heterocycles. The molecule has 1 aromatic carbocycles. The number of aryl methyl sites for hydroxylation is 1. The predicted octanol–water partition coefficient (Wildman–Crippen LogP) is 1.83. The monoisotopic (exact) mass is 312 g/mol. The summed E-state index contributed by atoms with van der Waals surface area (Å²) in [7, 11) is -3.38. The Morgan fingerprint density at radius 3 is 2.65 bits per heavy atom. The van der Waals surface area contributed by atoms with Gasteiger partial charge in [-0.25, -0.2) is 8.42 Å². The van der Waals surface area contributed by atoms with Crippen molar-refractivity contribution in [3.8, 4) is 0 Å². The standard InChI is InChI=1S/C12H16N4O2S2/c1-9-8-12(15-14-9)16-20(17,18)7-6-19-11-4-2-10(13)3-5-11/h2-5,8H,6-7,13H2,1H3,(H2,14,15,16). The van der Waals surface area contributed by atoms with E-state index in [-0.39, 0.29) is 5.75 Å². The molecule has 0 amide bonds. The van der Waals surface area contributed by atoms with Crippen molar-refractivity contribution < 1.29 is 8.42 Å². The zero-order valence-corrected chi connectivity index (χ0v) is 12.6. The van der Waals surface area contributed by atoms with Crippen molar-refractivity contribution in [2.75, 3.05) is 22.0 Å². The lowest BCUT2D eigenvalue weighted by Crippen LogP contribution is -2.18. The van der Waals surface area contributed by atoms with E-state index in [4.69, 9.17) is 5.73 Å². The molecule has 0 unspecified atom stereocenters. The van der Waals surface area contributed by atoms with Crippen molar-refractivity contribution in [3.63, 3.8) is 0 Å². The molecule has 1 aromatic heterocycles. The normalized spacial score (nSPS) is 11.4. The van der Waals surface area contributed by atoms with Gasteiger partial charge in [-0.1, -0.05) is 0 Å². The van der Waals surface area contributed by atoms with Crippen molar-refractivity contribution in [1.82, 2.24) is 10.2 Å². The number of nitrogens with one attached hydrogen (secondary N) is 2. The molecule has 0 radical (unpaired) electrons. The van der Waals surface area contributed by atoms with E-state index in [0.29, 0.717) is 17.3 Å². The Morgan fingerprint density at radius 1 is 1.35 bits per heavy atom. The van der Waals surface area contributed by atoms with Gasteiger partial charge in [0.25, 0.3) is 0 Å². The number of sulfonamides is 1. The first-order valence-corrected chi connectivity index (χ1v) is 8.59. The zero-order valence-electron chi connectivity index (χ0n) is 11.0. The molecule has 0 fully saturated rings. The zero-order chi connectivity index (χ0) is 14.6. The Kier molecular flexibility index (Phi) is 4.56. The third kappa shape index (κ3) is 4.46. The first kappa shape index (κ1) is 14.7. The molecule has 6 nitrogen and oxygen atoms in total. The Hall–Kier alpha value is -1.67. The number of aromatic nitrogens is 2. The second kappa shape index (κ2) is 6.19. The SMILES string of the molecule is Cc1cc(NS(=O)(=O)CCSc2ccc(N)cc2)n[nH]1. The minimum Gasteiger partial charge on any atom is -0.399 e. The van der Waals surface area contributed by atoms with Crippen LogP contribution in [0.2, 0.25) is 0 Å². The quantitative estimate of drug-likeness (QED) is 0.558. The lowest BCUT2D eigenvalue weighted by Gasteiger charge is -2.05. The number of nitrogens with zero attached hydrogens (tertiary/aromatic N) is 1. The maximum Gasteiger partial charge on any atom is 0.234 e. The number of nitrogens with two attached hydrogens (primary N) is 1. The number of hydrogen-bond acceptors (Lipinski definition) is 5. The Bertz CT molecular complexity index is 665. The summed E-state index contributed by atoms with van der Waals surface area (Å²) < 4.78 is 26.1. The van der Waals surface area contributed by atoms with Crippen LogP contribution in [0.1, 0.15) is 5.69 Å². The van der Waals surface area contributed by atoms with Gasteiger partial charge in [-0.05, 0) is 31.2 Å². The summed E-state index contributed by atoms with van der Waals surface area (Å²) in [5.74, 6) is 0.802. The smallest absolute Gasteiger partial charge is 0.234 e. The average Bonchev–Trinajstić information content (AvgIpc) is 2.76. The largest absolute Gasteiger partial charge is 0.399 e. The Labute approximate surface area is 122 Å². The van der Waals surface area contributed by atoms with Crippen molar-refractivity contribution >= 4 is 33.3 Å². The number of rotatable bonds is 6. The maximum atomic E-state index is 11.9. The van der Waals surface area contributed by atoms with Crippen LogP contribution in [0, 0.1) is 6.92 Å². The van der Waals surface area contributed by atoms with E-state index in [2.05, 4.69) is 14.9 Å². The van der Waals surface area contributed by atoms with Crippen molar-refractivity contribution in [2.45, 2.75) is 11.8 Å². The minimum absolute atomic E-state index is 0.0218. The highest BCUT2D eigenvalue weighted by atomic mass is 32.2. The third-order valence-electron chi connectivity index (χ3n) is 2.47. The number of nitrogen functional groups attached to an aromatic ring is 1. The summed E-state index contributed by atoms with van der Waals surface area (Å²) in [6.07, 6.45) is 0. The average molecular weight is 312 g/mol. The molecular weight excluding hydrogens is 296 g/mol. The fourth-order valence-corrected chi connectivity index (χ4v) is 3.81. The lowest BCUT2D eigenvalue weighted by atomic mass is 10.3. The van der Waals surface area contributed by atoms with E-state index < -0.39 is 10.0 Å².